The lowest BCUT2D eigenvalue weighted by atomic mass is 9.91. The van der Waals surface area contributed by atoms with Gasteiger partial charge in [0.15, 0.2) is 6.10 Å². The van der Waals surface area contributed by atoms with Crippen molar-refractivity contribution in [2.75, 3.05) is 7.11 Å². The molecule has 0 radical (unpaired) electrons. The van der Waals surface area contributed by atoms with Crippen molar-refractivity contribution in [1.82, 2.24) is 4.98 Å². The van der Waals surface area contributed by atoms with Crippen LogP contribution in [0.1, 0.15) is 18.4 Å². The number of ether oxygens (including phenoxy) is 1. The first-order chi connectivity index (χ1) is 7.60. The Bertz CT molecular complexity index is 417. The van der Waals surface area contributed by atoms with E-state index in [0.717, 1.165) is 22.9 Å². The van der Waals surface area contributed by atoms with Gasteiger partial charge in [0, 0.05) is 22.3 Å². The number of hydrogen-bond acceptors (Lipinski definition) is 4. The molecule has 1 saturated carbocycles. The molecule has 0 aliphatic heterocycles. The van der Waals surface area contributed by atoms with E-state index in [0.29, 0.717) is 0 Å². The van der Waals surface area contributed by atoms with Gasteiger partial charge in [-0.15, -0.1) is 0 Å². The topological polar surface area (TPSA) is 59.4 Å². The van der Waals surface area contributed by atoms with Crippen molar-refractivity contribution in [2.24, 2.45) is 0 Å². The molecule has 5 heteroatoms. The minimum Gasteiger partial charge on any atom is -0.467 e. The number of halogens is 1. The number of carbonyl (C=O) groups excluding carboxylic acids is 1. The van der Waals surface area contributed by atoms with E-state index in [1.807, 2.05) is 6.07 Å². The van der Waals surface area contributed by atoms with Crippen LogP contribution in [0, 0.1) is 0 Å². The fourth-order valence-corrected chi connectivity index (χ4v) is 2.24. The van der Waals surface area contributed by atoms with E-state index >= 15 is 0 Å². The Balaban J connectivity index is 2.29. The third-order valence-electron chi connectivity index (χ3n) is 3.02. The molecule has 1 aromatic heterocycles. The van der Waals surface area contributed by atoms with E-state index in [1.54, 1.807) is 12.4 Å². The minimum atomic E-state index is -1.10. The van der Waals surface area contributed by atoms with Crippen molar-refractivity contribution < 1.29 is 14.6 Å². The second kappa shape index (κ2) is 4.14. The summed E-state index contributed by atoms with van der Waals surface area (Å²) >= 11 is 3.33. The van der Waals surface area contributed by atoms with Crippen molar-refractivity contribution >= 4 is 21.9 Å². The third kappa shape index (κ3) is 1.85. The number of nitrogens with zero attached hydrogens (tertiary/aromatic N) is 1. The Hall–Kier alpha value is -0.940. The highest BCUT2D eigenvalue weighted by molar-refractivity contribution is 9.10. The molecular formula is C11H12BrNO3. The van der Waals surface area contributed by atoms with Crippen LogP contribution in [0.3, 0.4) is 0 Å². The number of aliphatic hydroxyl groups excluding tert-OH is 1. The standard InChI is InChI=1S/C11H12BrNO3/c1-16-10(15)9(14)11(2-3-11)7-4-8(12)6-13-5-7/h4-6,9,14H,2-3H2,1H3. The van der Waals surface area contributed by atoms with Gasteiger partial charge in [0.25, 0.3) is 0 Å². The molecule has 1 fully saturated rings. The zero-order valence-electron chi connectivity index (χ0n) is 8.81. The zero-order valence-corrected chi connectivity index (χ0v) is 10.4. The monoisotopic (exact) mass is 285 g/mol. The fourth-order valence-electron chi connectivity index (χ4n) is 1.88. The molecule has 0 aromatic carbocycles. The predicted octanol–water partition coefficient (Wildman–Crippen LogP) is 1.41. The number of hydrogen-bond donors (Lipinski definition) is 1. The molecule has 1 aliphatic carbocycles. The number of pyridine rings is 1. The maximum absolute atomic E-state index is 11.4. The Morgan fingerprint density at radius 1 is 1.62 bits per heavy atom. The number of methoxy groups -OCH3 is 1. The van der Waals surface area contributed by atoms with E-state index in [9.17, 15) is 9.90 Å². The van der Waals surface area contributed by atoms with Gasteiger partial charge in [-0.05, 0) is 40.4 Å². The van der Waals surface area contributed by atoms with Crippen LogP contribution >= 0.6 is 15.9 Å². The minimum absolute atomic E-state index is 0.496. The highest BCUT2D eigenvalue weighted by Gasteiger charge is 2.54. The predicted molar refractivity (Wildman–Crippen MR) is 60.9 cm³/mol. The van der Waals surface area contributed by atoms with Crippen LogP contribution in [0.5, 0.6) is 0 Å². The maximum Gasteiger partial charge on any atom is 0.335 e. The molecule has 16 heavy (non-hydrogen) atoms. The quantitative estimate of drug-likeness (QED) is 0.853. The van der Waals surface area contributed by atoms with Gasteiger partial charge in [-0.1, -0.05) is 0 Å². The summed E-state index contributed by atoms with van der Waals surface area (Å²) in [5.74, 6) is -0.586. The molecule has 1 aromatic rings. The lowest BCUT2D eigenvalue weighted by molar-refractivity contribution is -0.152. The van der Waals surface area contributed by atoms with Crippen LogP contribution in [-0.4, -0.2) is 29.3 Å². The van der Waals surface area contributed by atoms with E-state index in [-0.39, 0.29) is 0 Å². The van der Waals surface area contributed by atoms with Crippen LogP contribution in [0.4, 0.5) is 0 Å². The average molecular weight is 286 g/mol. The Kier molecular flexibility index (Phi) is 2.99. The third-order valence-corrected chi connectivity index (χ3v) is 3.45. The molecular weight excluding hydrogens is 274 g/mol. The lowest BCUT2D eigenvalue weighted by Gasteiger charge is -2.20. The number of rotatable bonds is 3. The van der Waals surface area contributed by atoms with Crippen molar-refractivity contribution in [2.45, 2.75) is 24.4 Å². The summed E-state index contributed by atoms with van der Waals surface area (Å²) in [6, 6.07) is 1.88. The summed E-state index contributed by atoms with van der Waals surface area (Å²) in [4.78, 5) is 15.4. The highest BCUT2D eigenvalue weighted by Crippen LogP contribution is 2.51. The molecule has 86 valence electrons. The Labute approximate surface area is 102 Å². The van der Waals surface area contributed by atoms with Gasteiger partial charge in [-0.25, -0.2) is 4.79 Å². The van der Waals surface area contributed by atoms with Crippen LogP contribution in [0.25, 0.3) is 0 Å². The molecule has 1 aliphatic rings. The molecule has 0 saturated heterocycles. The molecule has 1 unspecified atom stereocenters. The van der Waals surface area contributed by atoms with Gasteiger partial charge in [0.05, 0.1) is 7.11 Å². The molecule has 1 N–H and O–H groups in total. The first-order valence-corrected chi connectivity index (χ1v) is 5.76. The van der Waals surface area contributed by atoms with Crippen molar-refractivity contribution in [3.8, 4) is 0 Å². The smallest absolute Gasteiger partial charge is 0.335 e. The Morgan fingerprint density at radius 3 is 2.81 bits per heavy atom. The molecule has 0 spiro atoms. The van der Waals surface area contributed by atoms with Crippen molar-refractivity contribution in [1.29, 1.82) is 0 Å². The largest absolute Gasteiger partial charge is 0.467 e. The Morgan fingerprint density at radius 2 is 2.31 bits per heavy atom. The molecule has 0 bridgehead atoms. The number of aromatic nitrogens is 1. The van der Waals surface area contributed by atoms with Crippen LogP contribution in [-0.2, 0) is 14.9 Å². The number of esters is 1. The first kappa shape index (κ1) is 11.5. The van der Waals surface area contributed by atoms with Crippen molar-refractivity contribution in [3.63, 3.8) is 0 Å². The summed E-state index contributed by atoms with van der Waals surface area (Å²) in [5, 5.41) is 9.93. The fraction of sp³-hybridized carbons (Fsp3) is 0.455. The van der Waals surface area contributed by atoms with E-state index in [2.05, 4.69) is 25.7 Å². The van der Waals surface area contributed by atoms with Gasteiger partial charge in [0.1, 0.15) is 0 Å². The summed E-state index contributed by atoms with van der Waals surface area (Å²) in [5.41, 5.74) is 0.379. The molecule has 2 rings (SSSR count). The summed E-state index contributed by atoms with van der Waals surface area (Å²) in [7, 11) is 1.28. The van der Waals surface area contributed by atoms with Crippen LogP contribution in [0.2, 0.25) is 0 Å². The lowest BCUT2D eigenvalue weighted by Crippen LogP contribution is -2.35. The average Bonchev–Trinajstić information content (AvgIpc) is 3.08. The van der Waals surface area contributed by atoms with E-state index in [1.165, 1.54) is 7.11 Å². The summed E-state index contributed by atoms with van der Waals surface area (Å²) < 4.78 is 5.41. The van der Waals surface area contributed by atoms with E-state index in [4.69, 9.17) is 0 Å². The maximum atomic E-state index is 11.4. The van der Waals surface area contributed by atoms with Crippen LogP contribution in [0.15, 0.2) is 22.9 Å². The number of carbonyl (C=O) groups is 1. The van der Waals surface area contributed by atoms with E-state index < -0.39 is 17.5 Å². The molecule has 1 heterocycles. The van der Waals surface area contributed by atoms with Gasteiger partial charge < -0.3 is 9.84 Å². The van der Waals surface area contributed by atoms with Gasteiger partial charge in [-0.2, -0.15) is 0 Å². The first-order valence-electron chi connectivity index (χ1n) is 4.97. The zero-order chi connectivity index (χ0) is 11.8. The second-order valence-electron chi connectivity index (χ2n) is 3.97. The van der Waals surface area contributed by atoms with Crippen molar-refractivity contribution in [3.05, 3.63) is 28.5 Å². The molecule has 0 amide bonds. The van der Waals surface area contributed by atoms with Gasteiger partial charge in [0.2, 0.25) is 0 Å². The van der Waals surface area contributed by atoms with Gasteiger partial charge in [-0.3, -0.25) is 4.98 Å². The molecule has 1 atom stereocenters. The molecule has 4 nitrogen and oxygen atoms in total. The summed E-state index contributed by atoms with van der Waals surface area (Å²) in [6.45, 7) is 0. The van der Waals surface area contributed by atoms with Gasteiger partial charge >= 0.3 is 5.97 Å². The second-order valence-corrected chi connectivity index (χ2v) is 4.89. The summed E-state index contributed by atoms with van der Waals surface area (Å²) in [6.07, 6.45) is 3.81. The SMILES string of the molecule is COC(=O)C(O)C1(c2cncc(Br)c2)CC1. The number of aliphatic hydroxyl groups is 1. The van der Waals surface area contributed by atoms with Crippen LogP contribution < -0.4 is 0 Å². The normalized spacial score (nSPS) is 18.9. The highest BCUT2D eigenvalue weighted by atomic mass is 79.9.